The number of unbranched alkanes of at least 4 members (excludes halogenated alkanes) is 2. The Labute approximate surface area is 187 Å². The number of nitrogens with zero attached hydrogens (tertiary/aromatic N) is 3. The fraction of sp³-hybridized carbons (Fsp3) is 0.630. The van der Waals surface area contributed by atoms with Gasteiger partial charge >= 0.3 is 0 Å². The zero-order valence-corrected chi connectivity index (χ0v) is 21.0. The highest BCUT2D eigenvalue weighted by Gasteiger charge is 2.15. The van der Waals surface area contributed by atoms with Gasteiger partial charge in [0.25, 0.3) is 0 Å². The second-order valence-electron chi connectivity index (χ2n) is 8.03. The van der Waals surface area contributed by atoms with Crippen LogP contribution in [-0.2, 0) is 0 Å². The standard InChI is InChI=1S/C27H47N3/c1-9-13-15-17-18-23(5)27(28-22-11-3)26(19-16-14-10-2)29-24(6)20-21-25(7)30(8)12-4/h11,13,15,17-18,20,22-23,25H,9-10,12,14,16,19,21H2,1-8H3/b15-13-,18-17-,22-11+,24-20+,28-27?,29-26?. The molecule has 0 radical (unpaired) electrons. The van der Waals surface area contributed by atoms with Crippen LogP contribution in [0, 0.1) is 5.92 Å². The molecule has 2 unspecified atom stereocenters. The molecule has 0 saturated heterocycles. The molecule has 0 fully saturated rings. The number of hydrogen-bond acceptors (Lipinski definition) is 3. The predicted molar refractivity (Wildman–Crippen MR) is 138 cm³/mol. The lowest BCUT2D eigenvalue weighted by Gasteiger charge is -2.21. The van der Waals surface area contributed by atoms with Crippen LogP contribution in [0.2, 0.25) is 0 Å². The van der Waals surface area contributed by atoms with Crippen molar-refractivity contribution in [2.24, 2.45) is 15.9 Å². The maximum atomic E-state index is 5.07. The Morgan fingerprint density at radius 3 is 2.40 bits per heavy atom. The summed E-state index contributed by atoms with van der Waals surface area (Å²) < 4.78 is 0. The van der Waals surface area contributed by atoms with Crippen LogP contribution in [0.3, 0.4) is 0 Å². The van der Waals surface area contributed by atoms with Crippen molar-refractivity contribution in [1.82, 2.24) is 4.90 Å². The zero-order valence-electron chi connectivity index (χ0n) is 21.0. The van der Waals surface area contributed by atoms with E-state index in [1.165, 1.54) is 12.8 Å². The van der Waals surface area contributed by atoms with Crippen molar-refractivity contribution < 1.29 is 0 Å². The first-order valence-corrected chi connectivity index (χ1v) is 11.9. The Morgan fingerprint density at radius 2 is 1.80 bits per heavy atom. The summed E-state index contributed by atoms with van der Waals surface area (Å²) in [7, 11) is 2.18. The highest BCUT2D eigenvalue weighted by Crippen LogP contribution is 2.14. The van der Waals surface area contributed by atoms with E-state index >= 15 is 0 Å². The molecule has 3 heteroatoms. The van der Waals surface area contributed by atoms with Gasteiger partial charge in [-0.3, -0.25) is 9.98 Å². The second-order valence-corrected chi connectivity index (χ2v) is 8.03. The van der Waals surface area contributed by atoms with Gasteiger partial charge in [0.2, 0.25) is 0 Å². The highest BCUT2D eigenvalue weighted by atomic mass is 15.1. The van der Waals surface area contributed by atoms with Gasteiger partial charge < -0.3 is 4.90 Å². The Kier molecular flexibility index (Phi) is 17.0. The van der Waals surface area contributed by atoms with Gasteiger partial charge in [-0.05, 0) is 60.0 Å². The fourth-order valence-electron chi connectivity index (χ4n) is 3.02. The third-order valence-corrected chi connectivity index (χ3v) is 5.31. The molecule has 0 saturated carbocycles. The molecule has 0 aromatic rings. The Bertz CT molecular complexity index is 620. The average Bonchev–Trinajstić information content (AvgIpc) is 2.74. The molecule has 0 aromatic carbocycles. The van der Waals surface area contributed by atoms with Crippen molar-refractivity contribution in [3.05, 3.63) is 48.4 Å². The molecule has 0 rings (SSSR count). The van der Waals surface area contributed by atoms with Gasteiger partial charge in [0, 0.05) is 23.9 Å². The van der Waals surface area contributed by atoms with Crippen molar-refractivity contribution in [2.75, 3.05) is 13.6 Å². The maximum absolute atomic E-state index is 5.07. The number of aliphatic imine (C=N–C) groups is 2. The monoisotopic (exact) mass is 413 g/mol. The Balaban J connectivity index is 5.77. The molecule has 0 aromatic heterocycles. The lowest BCUT2D eigenvalue weighted by Crippen LogP contribution is -2.28. The molecule has 30 heavy (non-hydrogen) atoms. The number of rotatable bonds is 15. The smallest absolute Gasteiger partial charge is 0.0683 e. The topological polar surface area (TPSA) is 28.0 Å². The summed E-state index contributed by atoms with van der Waals surface area (Å²) >= 11 is 0. The molecule has 0 aliphatic carbocycles. The molecule has 3 nitrogen and oxygen atoms in total. The van der Waals surface area contributed by atoms with Crippen molar-refractivity contribution in [3.63, 3.8) is 0 Å². The van der Waals surface area contributed by atoms with Gasteiger partial charge in [-0.25, -0.2) is 0 Å². The highest BCUT2D eigenvalue weighted by molar-refractivity contribution is 6.43. The molecule has 0 aliphatic heterocycles. The van der Waals surface area contributed by atoms with Gasteiger partial charge in [0.15, 0.2) is 0 Å². The first kappa shape index (κ1) is 28.3. The van der Waals surface area contributed by atoms with Crippen LogP contribution < -0.4 is 0 Å². The summed E-state index contributed by atoms with van der Waals surface area (Å²) in [5, 5.41) is 0. The maximum Gasteiger partial charge on any atom is 0.0683 e. The van der Waals surface area contributed by atoms with E-state index in [0.717, 1.165) is 49.3 Å². The summed E-state index contributed by atoms with van der Waals surface area (Å²) in [6.07, 6.45) is 21.4. The summed E-state index contributed by atoms with van der Waals surface area (Å²) in [6, 6.07) is 0.520. The van der Waals surface area contributed by atoms with E-state index in [0.29, 0.717) is 6.04 Å². The third-order valence-electron chi connectivity index (χ3n) is 5.31. The van der Waals surface area contributed by atoms with E-state index in [2.05, 4.69) is 83.9 Å². The van der Waals surface area contributed by atoms with E-state index in [1.807, 2.05) is 19.2 Å². The summed E-state index contributed by atoms with van der Waals surface area (Å²) in [4.78, 5) is 12.2. The SMILES string of the molecule is C/C=C/N=C(C(CCCCC)=N/C(C)=C/CC(C)N(C)CC)C(C)/C=C\C=C/CC. The van der Waals surface area contributed by atoms with Crippen molar-refractivity contribution in [3.8, 4) is 0 Å². The minimum absolute atomic E-state index is 0.223. The van der Waals surface area contributed by atoms with E-state index in [4.69, 9.17) is 9.98 Å². The normalized spacial score (nSPS) is 16.5. The molecule has 0 spiro atoms. The first-order valence-electron chi connectivity index (χ1n) is 11.9. The molecule has 0 heterocycles. The molecule has 0 aliphatic rings. The summed E-state index contributed by atoms with van der Waals surface area (Å²) in [5.41, 5.74) is 3.30. The molecule has 0 N–H and O–H groups in total. The van der Waals surface area contributed by atoms with Crippen molar-refractivity contribution >= 4 is 11.4 Å². The van der Waals surface area contributed by atoms with Gasteiger partial charge in [-0.2, -0.15) is 0 Å². The van der Waals surface area contributed by atoms with Gasteiger partial charge in [0.1, 0.15) is 0 Å². The van der Waals surface area contributed by atoms with Crippen LogP contribution in [0.4, 0.5) is 0 Å². The minimum atomic E-state index is 0.223. The van der Waals surface area contributed by atoms with Crippen LogP contribution in [0.25, 0.3) is 0 Å². The quantitative estimate of drug-likeness (QED) is 0.153. The minimum Gasteiger partial charge on any atom is -0.304 e. The van der Waals surface area contributed by atoms with Crippen LogP contribution in [-0.4, -0.2) is 36.0 Å². The van der Waals surface area contributed by atoms with E-state index in [-0.39, 0.29) is 5.92 Å². The van der Waals surface area contributed by atoms with Crippen molar-refractivity contribution in [2.45, 2.75) is 93.0 Å². The lowest BCUT2D eigenvalue weighted by molar-refractivity contribution is 0.272. The number of hydrogen-bond donors (Lipinski definition) is 0. The lowest BCUT2D eigenvalue weighted by atomic mass is 9.96. The fourth-order valence-corrected chi connectivity index (χ4v) is 3.02. The molecule has 0 amide bonds. The largest absolute Gasteiger partial charge is 0.304 e. The summed E-state index contributed by atoms with van der Waals surface area (Å²) in [6.45, 7) is 16.3. The van der Waals surface area contributed by atoms with Crippen LogP contribution in [0.15, 0.2) is 58.3 Å². The summed E-state index contributed by atoms with van der Waals surface area (Å²) in [5.74, 6) is 0.223. The molecular weight excluding hydrogens is 366 g/mol. The van der Waals surface area contributed by atoms with E-state index < -0.39 is 0 Å². The average molecular weight is 414 g/mol. The molecular formula is C27H47N3. The second kappa shape index (κ2) is 18.1. The van der Waals surface area contributed by atoms with Crippen molar-refractivity contribution in [1.29, 1.82) is 0 Å². The van der Waals surface area contributed by atoms with Gasteiger partial charge in [-0.1, -0.05) is 77.0 Å². The predicted octanol–water partition coefficient (Wildman–Crippen LogP) is 7.77. The molecule has 170 valence electrons. The first-order chi connectivity index (χ1) is 14.4. The zero-order chi connectivity index (χ0) is 22.8. The van der Waals surface area contributed by atoms with Crippen LogP contribution in [0.1, 0.15) is 87.0 Å². The Morgan fingerprint density at radius 1 is 1.07 bits per heavy atom. The molecule has 0 bridgehead atoms. The Hall–Kier alpha value is -1.74. The van der Waals surface area contributed by atoms with Gasteiger partial charge in [-0.15, -0.1) is 0 Å². The molecule has 2 atom stereocenters. The van der Waals surface area contributed by atoms with Gasteiger partial charge in [0.05, 0.1) is 11.4 Å². The van der Waals surface area contributed by atoms with Crippen LogP contribution >= 0.6 is 0 Å². The number of allylic oxidation sites excluding steroid dienone is 6. The van der Waals surface area contributed by atoms with E-state index in [9.17, 15) is 0 Å². The van der Waals surface area contributed by atoms with E-state index in [1.54, 1.807) is 0 Å². The third kappa shape index (κ3) is 12.7. The van der Waals surface area contributed by atoms with Crippen LogP contribution in [0.5, 0.6) is 0 Å².